The molecule has 4 rings (SSSR count). The molecule has 31 heavy (non-hydrogen) atoms. The summed E-state index contributed by atoms with van der Waals surface area (Å²) in [6, 6.07) is 0. The van der Waals surface area contributed by atoms with E-state index in [-0.39, 0.29) is 23.8 Å². The number of hydrogen-bond donors (Lipinski definition) is 1. The Morgan fingerprint density at radius 2 is 1.65 bits per heavy atom. The predicted octanol–water partition coefficient (Wildman–Crippen LogP) is 2.01. The molecule has 2 atom stereocenters. The summed E-state index contributed by atoms with van der Waals surface area (Å²) >= 11 is 0. The number of halogens is 2. The van der Waals surface area contributed by atoms with Gasteiger partial charge in [0.15, 0.2) is 0 Å². The van der Waals surface area contributed by atoms with Gasteiger partial charge >= 0.3 is 33.3 Å². The molecule has 4 saturated carbocycles. The van der Waals surface area contributed by atoms with Crippen LogP contribution in [0.5, 0.6) is 0 Å². The van der Waals surface area contributed by atoms with Crippen LogP contribution in [0.15, 0.2) is 12.2 Å². The molecule has 12 heteroatoms. The van der Waals surface area contributed by atoms with Crippen LogP contribution in [0.25, 0.3) is 0 Å². The Balaban J connectivity index is 1.60. The number of rotatable bonds is 8. The smallest absolute Gasteiger partial charge is 0.462 e. The molecule has 4 aliphatic carbocycles. The lowest BCUT2D eigenvalue weighted by Crippen LogP contribution is -2.60. The van der Waals surface area contributed by atoms with E-state index < -0.39 is 57.5 Å². The molecule has 0 spiro atoms. The highest BCUT2D eigenvalue weighted by molar-refractivity contribution is 7.87. The monoisotopic (exact) mass is 466 g/mol. The molecule has 9 nitrogen and oxygen atoms in total. The van der Waals surface area contributed by atoms with Gasteiger partial charge in [0.1, 0.15) is 18.8 Å². The van der Waals surface area contributed by atoms with E-state index in [2.05, 4.69) is 11.3 Å². The van der Waals surface area contributed by atoms with Gasteiger partial charge in [-0.3, -0.25) is 9.35 Å². The molecule has 174 valence electrons. The Bertz CT molecular complexity index is 897. The number of alkyl halides is 2. The van der Waals surface area contributed by atoms with E-state index in [0.29, 0.717) is 25.7 Å². The number of carbonyl (C=O) groups is 3. The van der Waals surface area contributed by atoms with Crippen molar-refractivity contribution in [1.82, 2.24) is 0 Å². The zero-order chi connectivity index (χ0) is 23.2. The van der Waals surface area contributed by atoms with Gasteiger partial charge in [-0.2, -0.15) is 17.2 Å². The molecule has 0 heterocycles. The van der Waals surface area contributed by atoms with Crippen molar-refractivity contribution in [2.75, 3.05) is 13.2 Å². The van der Waals surface area contributed by atoms with Crippen LogP contribution in [0, 0.1) is 17.3 Å². The Morgan fingerprint density at radius 3 is 2.16 bits per heavy atom. The minimum absolute atomic E-state index is 0.179. The molecule has 0 radical (unpaired) electrons. The van der Waals surface area contributed by atoms with Crippen LogP contribution in [0.1, 0.15) is 45.4 Å². The van der Waals surface area contributed by atoms with Crippen molar-refractivity contribution in [2.45, 2.75) is 56.3 Å². The molecule has 4 bridgehead atoms. The average Bonchev–Trinajstić information content (AvgIpc) is 2.62. The van der Waals surface area contributed by atoms with Gasteiger partial charge in [0.25, 0.3) is 0 Å². The van der Waals surface area contributed by atoms with Gasteiger partial charge in [-0.1, -0.05) is 6.58 Å². The fourth-order valence-electron chi connectivity index (χ4n) is 5.43. The first-order valence-corrected chi connectivity index (χ1v) is 11.2. The normalized spacial score (nSPS) is 31.7. The predicted molar refractivity (Wildman–Crippen MR) is 99.2 cm³/mol. The number of carbonyl (C=O) groups excluding carboxylic acids is 3. The largest absolute Gasteiger partial charge is 0.465 e. The molecule has 0 aliphatic heterocycles. The maximum atomic E-state index is 13.2. The van der Waals surface area contributed by atoms with Crippen molar-refractivity contribution < 1.29 is 50.3 Å². The third kappa shape index (κ3) is 4.45. The fourth-order valence-corrected chi connectivity index (χ4v) is 5.70. The van der Waals surface area contributed by atoms with Crippen LogP contribution in [0.3, 0.4) is 0 Å². The van der Waals surface area contributed by atoms with Crippen LogP contribution in [0.2, 0.25) is 0 Å². The van der Waals surface area contributed by atoms with Crippen LogP contribution < -0.4 is 0 Å². The number of esters is 3. The highest BCUT2D eigenvalue weighted by Crippen LogP contribution is 2.63. The summed E-state index contributed by atoms with van der Waals surface area (Å²) in [5.41, 5.74) is -1.40. The van der Waals surface area contributed by atoms with Crippen LogP contribution in [-0.2, 0) is 38.7 Å². The summed E-state index contributed by atoms with van der Waals surface area (Å²) in [7, 11) is -5.97. The fraction of sp³-hybridized carbons (Fsp3) is 0.737. The van der Waals surface area contributed by atoms with Crippen LogP contribution in [0.4, 0.5) is 8.78 Å². The minimum atomic E-state index is -5.97. The standard InChI is InChI=1S/C19H24F2O9S/c1-11(2)14(22)30-18-8-12-5-13(9-18)7-17(6-12,10-18)15(23)28-3-4-29-16(24)19(20,21)31(25,26)27/h12-13H,1,3-10H2,2H3,(H,25,26,27). The molecule has 4 fully saturated rings. The summed E-state index contributed by atoms with van der Waals surface area (Å²) in [6.45, 7) is 3.75. The Labute approximate surface area is 177 Å². The van der Waals surface area contributed by atoms with Crippen molar-refractivity contribution in [2.24, 2.45) is 17.3 Å². The maximum Gasteiger partial charge on any atom is 0.465 e. The van der Waals surface area contributed by atoms with Gasteiger partial charge < -0.3 is 14.2 Å². The van der Waals surface area contributed by atoms with Gasteiger partial charge in [0, 0.05) is 12.0 Å². The molecule has 0 aromatic rings. The van der Waals surface area contributed by atoms with E-state index in [1.807, 2.05) is 0 Å². The molecular formula is C19H24F2O9S. The third-order valence-corrected chi connectivity index (χ3v) is 7.02. The van der Waals surface area contributed by atoms with Gasteiger partial charge in [-0.25, -0.2) is 9.59 Å². The molecule has 4 aliphatic rings. The molecular weight excluding hydrogens is 442 g/mol. The highest BCUT2D eigenvalue weighted by atomic mass is 32.2. The van der Waals surface area contributed by atoms with E-state index in [1.165, 1.54) is 0 Å². The van der Waals surface area contributed by atoms with Gasteiger partial charge in [-0.05, 0) is 50.9 Å². The van der Waals surface area contributed by atoms with Crippen molar-refractivity contribution in [3.63, 3.8) is 0 Å². The lowest BCUT2D eigenvalue weighted by Gasteiger charge is -2.59. The van der Waals surface area contributed by atoms with E-state index in [4.69, 9.17) is 14.0 Å². The Hall–Kier alpha value is -2.08. The Kier molecular flexibility index (Phi) is 5.94. The second-order valence-electron chi connectivity index (χ2n) is 8.86. The van der Waals surface area contributed by atoms with Gasteiger partial charge in [0.05, 0.1) is 5.41 Å². The maximum absolute atomic E-state index is 13.2. The highest BCUT2D eigenvalue weighted by Gasteiger charge is 2.63. The summed E-state index contributed by atoms with van der Waals surface area (Å²) in [4.78, 5) is 36.1. The third-order valence-electron chi connectivity index (χ3n) is 6.21. The Morgan fingerprint density at radius 1 is 1.10 bits per heavy atom. The minimum Gasteiger partial charge on any atom is -0.462 e. The molecule has 0 aromatic carbocycles. The van der Waals surface area contributed by atoms with Crippen molar-refractivity contribution >= 4 is 28.0 Å². The number of ether oxygens (including phenoxy) is 3. The quantitative estimate of drug-likeness (QED) is 0.187. The molecule has 0 amide bonds. The van der Waals surface area contributed by atoms with Crippen LogP contribution in [-0.4, -0.2) is 54.9 Å². The average molecular weight is 466 g/mol. The molecule has 2 unspecified atom stereocenters. The lowest BCUT2D eigenvalue weighted by atomic mass is 9.48. The first kappa shape index (κ1) is 23.6. The lowest BCUT2D eigenvalue weighted by molar-refractivity contribution is -0.211. The first-order chi connectivity index (χ1) is 14.2. The second kappa shape index (κ2) is 7.80. The van der Waals surface area contributed by atoms with Crippen molar-refractivity contribution in [1.29, 1.82) is 0 Å². The van der Waals surface area contributed by atoms with Gasteiger partial charge in [-0.15, -0.1) is 0 Å². The van der Waals surface area contributed by atoms with E-state index in [1.54, 1.807) is 6.92 Å². The molecule has 1 N–H and O–H groups in total. The number of hydrogen-bond acceptors (Lipinski definition) is 8. The second-order valence-corrected chi connectivity index (χ2v) is 10.3. The SMILES string of the molecule is C=C(C)C(=O)OC12CC3CC(C1)CC(C(=O)OCCOC(=O)C(F)(F)S(=O)(=O)O)(C3)C2. The molecule has 0 aromatic heterocycles. The van der Waals surface area contributed by atoms with E-state index >= 15 is 0 Å². The van der Waals surface area contributed by atoms with Crippen molar-refractivity contribution in [3.8, 4) is 0 Å². The zero-order valence-corrected chi connectivity index (χ0v) is 17.7. The topological polar surface area (TPSA) is 133 Å². The zero-order valence-electron chi connectivity index (χ0n) is 16.9. The van der Waals surface area contributed by atoms with Gasteiger partial charge in [0.2, 0.25) is 0 Å². The van der Waals surface area contributed by atoms with Crippen LogP contribution >= 0.6 is 0 Å². The molecule has 0 saturated heterocycles. The summed E-state index contributed by atoms with van der Waals surface area (Å²) in [5.74, 6) is -3.23. The summed E-state index contributed by atoms with van der Waals surface area (Å²) in [5, 5.41) is -5.11. The summed E-state index contributed by atoms with van der Waals surface area (Å²) in [6.07, 6.45) is 3.61. The van der Waals surface area contributed by atoms with E-state index in [9.17, 15) is 31.6 Å². The summed E-state index contributed by atoms with van der Waals surface area (Å²) < 4.78 is 70.7. The van der Waals surface area contributed by atoms with E-state index in [0.717, 1.165) is 6.42 Å². The first-order valence-electron chi connectivity index (χ1n) is 9.78. The van der Waals surface area contributed by atoms with Crippen molar-refractivity contribution in [3.05, 3.63) is 12.2 Å².